The maximum Gasteiger partial charge on any atom is 0.306 e. The standard InChI is InChI=1S/C21H36O8S4.C8H16O2S/c1-13(30)5-17(22)26-9-21(10-27-18(23)6-14(2)31,11-28-19(24)7-15(3)32)12-29-20(25)8-16(4)33;1-3-4-5-10-8(9)6-7(2)11/h13-16,30-33H,5-12H2,1-4H3;7,11H,3-6H2,1-2H3. The molecule has 0 amide bonds. The normalized spacial score (nSPS) is 15.5. The molecule has 0 rings (SSSR count). The van der Waals surface area contributed by atoms with Crippen molar-refractivity contribution in [1.29, 1.82) is 0 Å². The van der Waals surface area contributed by atoms with E-state index in [1.54, 1.807) is 27.7 Å². The molecule has 0 aromatic rings. The maximum atomic E-state index is 12.1. The second kappa shape index (κ2) is 26.2. The second-order valence-electron chi connectivity index (χ2n) is 11.0. The molecular weight excluding hydrogens is 669 g/mol. The molecule has 5 unspecified atom stereocenters. The Morgan fingerprint density at radius 3 is 0.909 bits per heavy atom. The molecule has 0 aliphatic carbocycles. The fraction of sp³-hybridized carbons (Fsp3) is 0.828. The number of hydrogen-bond acceptors (Lipinski definition) is 15. The van der Waals surface area contributed by atoms with E-state index in [1.165, 1.54) is 0 Å². The van der Waals surface area contributed by atoms with Gasteiger partial charge in [0.15, 0.2) is 0 Å². The molecule has 0 saturated carbocycles. The van der Waals surface area contributed by atoms with E-state index in [0.717, 1.165) is 12.8 Å². The molecular formula is C29H52O10S5. The van der Waals surface area contributed by atoms with Gasteiger partial charge in [-0.1, -0.05) is 48.0 Å². The van der Waals surface area contributed by atoms with Gasteiger partial charge < -0.3 is 23.7 Å². The average Bonchev–Trinajstić information content (AvgIpc) is 2.86. The van der Waals surface area contributed by atoms with Crippen molar-refractivity contribution in [3.8, 4) is 0 Å². The highest BCUT2D eigenvalue weighted by Gasteiger charge is 2.38. The summed E-state index contributed by atoms with van der Waals surface area (Å²) in [6.45, 7) is 10.2. The zero-order valence-electron chi connectivity index (χ0n) is 26.7. The first-order chi connectivity index (χ1) is 20.4. The van der Waals surface area contributed by atoms with Crippen molar-refractivity contribution >= 4 is 93.0 Å². The summed E-state index contributed by atoms with van der Waals surface area (Å²) < 4.78 is 26.3. The van der Waals surface area contributed by atoms with Gasteiger partial charge in [0.25, 0.3) is 0 Å². The molecule has 0 aromatic heterocycles. The van der Waals surface area contributed by atoms with Crippen molar-refractivity contribution < 1.29 is 47.7 Å². The van der Waals surface area contributed by atoms with Gasteiger partial charge in [0.2, 0.25) is 0 Å². The lowest BCUT2D eigenvalue weighted by atomic mass is 9.92. The topological polar surface area (TPSA) is 132 Å². The van der Waals surface area contributed by atoms with Gasteiger partial charge in [0, 0.05) is 26.2 Å². The van der Waals surface area contributed by atoms with Crippen molar-refractivity contribution in [2.24, 2.45) is 5.41 Å². The van der Waals surface area contributed by atoms with Crippen LogP contribution in [0.1, 0.15) is 86.5 Å². The molecule has 0 saturated heterocycles. The Bertz CT molecular complexity index is 741. The van der Waals surface area contributed by atoms with Crippen molar-refractivity contribution in [1.82, 2.24) is 0 Å². The summed E-state index contributed by atoms with van der Waals surface area (Å²) in [5.74, 6) is -2.29. The minimum absolute atomic E-state index is 0.0457. The number of thiol groups is 5. The third-order valence-corrected chi connectivity index (χ3v) is 6.14. The summed E-state index contributed by atoms with van der Waals surface area (Å²) in [6, 6.07) is 0. The molecule has 5 atom stereocenters. The highest BCUT2D eigenvalue weighted by Crippen LogP contribution is 2.23. The van der Waals surface area contributed by atoms with Crippen LogP contribution < -0.4 is 0 Å². The van der Waals surface area contributed by atoms with E-state index in [2.05, 4.69) is 70.1 Å². The predicted octanol–water partition coefficient (Wildman–Crippen LogP) is 5.02. The summed E-state index contributed by atoms with van der Waals surface area (Å²) in [5, 5.41) is -0.821. The quantitative estimate of drug-likeness (QED) is 0.0477. The zero-order chi connectivity index (χ0) is 34.3. The number of unbranched alkanes of at least 4 members (excludes halogenated alkanes) is 1. The molecule has 0 N–H and O–H groups in total. The largest absolute Gasteiger partial charge is 0.466 e. The summed E-state index contributed by atoms with van der Waals surface area (Å²) >= 11 is 20.8. The summed E-state index contributed by atoms with van der Waals surface area (Å²) in [4.78, 5) is 59.4. The van der Waals surface area contributed by atoms with Crippen molar-refractivity contribution in [3.63, 3.8) is 0 Å². The van der Waals surface area contributed by atoms with E-state index in [-0.39, 0.29) is 84.3 Å². The highest BCUT2D eigenvalue weighted by molar-refractivity contribution is 7.81. The molecule has 0 aliphatic rings. The highest BCUT2D eigenvalue weighted by atomic mass is 32.1. The lowest BCUT2D eigenvalue weighted by molar-refractivity contribution is -0.170. The molecule has 0 aliphatic heterocycles. The van der Waals surface area contributed by atoms with E-state index < -0.39 is 29.3 Å². The van der Waals surface area contributed by atoms with Crippen LogP contribution in [-0.4, -0.2) is 89.1 Å². The lowest BCUT2D eigenvalue weighted by Crippen LogP contribution is -2.44. The first-order valence-corrected chi connectivity index (χ1v) is 17.2. The molecule has 0 heterocycles. The smallest absolute Gasteiger partial charge is 0.306 e. The minimum atomic E-state index is -1.30. The van der Waals surface area contributed by atoms with Crippen LogP contribution in [0.25, 0.3) is 0 Å². The Morgan fingerprint density at radius 2 is 0.705 bits per heavy atom. The third-order valence-electron chi connectivity index (χ3n) is 5.23. The van der Waals surface area contributed by atoms with Gasteiger partial charge in [0.05, 0.1) is 38.7 Å². The predicted molar refractivity (Wildman–Crippen MR) is 187 cm³/mol. The Hall–Kier alpha value is -0.900. The van der Waals surface area contributed by atoms with Crippen LogP contribution >= 0.6 is 63.1 Å². The number of rotatable bonds is 21. The average molecular weight is 721 g/mol. The molecule has 0 fully saturated rings. The number of esters is 5. The molecule has 258 valence electrons. The van der Waals surface area contributed by atoms with E-state index in [9.17, 15) is 24.0 Å². The molecule has 0 aromatic carbocycles. The first-order valence-electron chi connectivity index (χ1n) is 14.6. The van der Waals surface area contributed by atoms with Crippen LogP contribution in [0, 0.1) is 5.41 Å². The number of ether oxygens (including phenoxy) is 5. The number of carbonyl (C=O) groups is 5. The van der Waals surface area contributed by atoms with Gasteiger partial charge in [0.1, 0.15) is 31.8 Å². The number of carbonyl (C=O) groups excluding carboxylic acids is 5. The third kappa shape index (κ3) is 28.6. The minimum Gasteiger partial charge on any atom is -0.466 e. The molecule has 0 spiro atoms. The maximum absolute atomic E-state index is 12.1. The number of hydrogen-bond donors (Lipinski definition) is 5. The van der Waals surface area contributed by atoms with Crippen LogP contribution in [0.5, 0.6) is 0 Å². The Morgan fingerprint density at radius 1 is 0.477 bits per heavy atom. The van der Waals surface area contributed by atoms with E-state index >= 15 is 0 Å². The van der Waals surface area contributed by atoms with E-state index in [1.807, 2.05) is 6.92 Å². The van der Waals surface area contributed by atoms with Gasteiger partial charge in [-0.25, -0.2) is 0 Å². The van der Waals surface area contributed by atoms with Crippen LogP contribution in [0.4, 0.5) is 0 Å². The molecule has 0 radical (unpaired) electrons. The summed E-state index contributed by atoms with van der Waals surface area (Å²) in [6.07, 6.45) is 2.60. The molecule has 44 heavy (non-hydrogen) atoms. The van der Waals surface area contributed by atoms with Crippen LogP contribution in [0.15, 0.2) is 0 Å². The van der Waals surface area contributed by atoms with Crippen LogP contribution in [0.2, 0.25) is 0 Å². The second-order valence-corrected chi connectivity index (χ2v) is 15.4. The van der Waals surface area contributed by atoms with Crippen LogP contribution in [-0.2, 0) is 47.7 Å². The van der Waals surface area contributed by atoms with Crippen molar-refractivity contribution in [2.75, 3.05) is 33.0 Å². The van der Waals surface area contributed by atoms with Crippen LogP contribution in [0.3, 0.4) is 0 Å². The first kappa shape index (κ1) is 45.2. The van der Waals surface area contributed by atoms with Gasteiger partial charge >= 0.3 is 29.8 Å². The Balaban J connectivity index is 0. The SMILES string of the molecule is CC(S)CC(=O)OCC(COC(=O)CC(C)S)(COC(=O)CC(C)S)COC(=O)CC(C)S.CCCCOC(=O)CC(C)S. The van der Waals surface area contributed by atoms with E-state index in [0.29, 0.717) is 13.0 Å². The van der Waals surface area contributed by atoms with Gasteiger partial charge in [-0.3, -0.25) is 24.0 Å². The van der Waals surface area contributed by atoms with Crippen molar-refractivity contribution in [3.05, 3.63) is 0 Å². The van der Waals surface area contributed by atoms with Gasteiger partial charge in [-0.15, -0.1) is 0 Å². The zero-order valence-corrected chi connectivity index (χ0v) is 31.2. The fourth-order valence-corrected chi connectivity index (χ4v) is 3.76. The Labute approximate surface area is 290 Å². The van der Waals surface area contributed by atoms with E-state index in [4.69, 9.17) is 23.7 Å². The van der Waals surface area contributed by atoms with Crippen molar-refractivity contribution in [2.45, 2.75) is 113 Å². The summed E-state index contributed by atoms with van der Waals surface area (Å²) in [5.41, 5.74) is -1.30. The lowest BCUT2D eigenvalue weighted by Gasteiger charge is -2.32. The Kier molecular flexibility index (Phi) is 26.9. The monoisotopic (exact) mass is 720 g/mol. The summed E-state index contributed by atoms with van der Waals surface area (Å²) in [7, 11) is 0. The van der Waals surface area contributed by atoms with Gasteiger partial charge in [-0.2, -0.15) is 63.1 Å². The molecule has 15 heteroatoms. The molecule has 10 nitrogen and oxygen atoms in total. The fourth-order valence-electron chi connectivity index (χ4n) is 3.02. The molecule has 0 bridgehead atoms. The van der Waals surface area contributed by atoms with Gasteiger partial charge in [-0.05, 0) is 6.42 Å².